The zero-order valence-electron chi connectivity index (χ0n) is 14.4. The molecule has 2 rings (SSSR count). The number of carbonyl (C=O) groups excluding carboxylic acids is 1. The molecule has 138 valence electrons. The van der Waals surface area contributed by atoms with Crippen LogP contribution in [0.2, 0.25) is 0 Å². The molecule has 1 aliphatic heterocycles. The first-order valence-electron chi connectivity index (χ1n) is 8.06. The van der Waals surface area contributed by atoms with Gasteiger partial charge in [-0.15, -0.1) is 24.8 Å². The Labute approximate surface area is 162 Å². The van der Waals surface area contributed by atoms with E-state index in [1.54, 1.807) is 0 Å². The zero-order chi connectivity index (χ0) is 15.9. The van der Waals surface area contributed by atoms with Crippen molar-refractivity contribution in [1.82, 2.24) is 4.90 Å². The Morgan fingerprint density at radius 3 is 2.62 bits per heavy atom. The summed E-state index contributed by atoms with van der Waals surface area (Å²) in [5.74, 6) is 2.33. The molecule has 4 nitrogen and oxygen atoms in total. The van der Waals surface area contributed by atoms with Crippen LogP contribution in [0.4, 0.5) is 5.69 Å². The third kappa shape index (κ3) is 7.19. The maximum Gasteiger partial charge on any atom is 0.241 e. The number of rotatable bonds is 6. The number of thioether (sulfide) groups is 1. The Kier molecular flexibility index (Phi) is 11.8. The molecule has 0 aliphatic carbocycles. The molecule has 1 aromatic rings. The van der Waals surface area contributed by atoms with Gasteiger partial charge < -0.3 is 11.1 Å². The summed E-state index contributed by atoms with van der Waals surface area (Å²) in [6, 6.07) is 5.90. The number of halogens is 2. The Morgan fingerprint density at radius 2 is 2.00 bits per heavy atom. The molecule has 1 fully saturated rings. The summed E-state index contributed by atoms with van der Waals surface area (Å²) >= 11 is 2.02. The second-order valence-corrected chi connectivity index (χ2v) is 7.15. The fourth-order valence-corrected chi connectivity index (χ4v) is 3.57. The number of benzene rings is 1. The van der Waals surface area contributed by atoms with E-state index in [0.29, 0.717) is 0 Å². The minimum absolute atomic E-state index is 0. The van der Waals surface area contributed by atoms with Crippen LogP contribution >= 0.6 is 36.6 Å². The first-order chi connectivity index (χ1) is 10.6. The lowest BCUT2D eigenvalue weighted by atomic mass is 10.1. The number of nitrogens with two attached hydrogens (primary N) is 1. The van der Waals surface area contributed by atoms with Crippen LogP contribution in [0.5, 0.6) is 0 Å². The third-order valence-corrected chi connectivity index (χ3v) is 4.95. The molecule has 1 aliphatic rings. The minimum atomic E-state index is -0.424. The second kappa shape index (κ2) is 12.0. The summed E-state index contributed by atoms with van der Waals surface area (Å²) in [6.07, 6.45) is 1.64. The highest BCUT2D eigenvalue weighted by Gasteiger charge is 2.15. The highest BCUT2D eigenvalue weighted by atomic mass is 35.5. The second-order valence-electron chi connectivity index (χ2n) is 5.92. The van der Waals surface area contributed by atoms with Crippen LogP contribution in [-0.2, 0) is 11.3 Å². The molecule has 0 aromatic heterocycles. The van der Waals surface area contributed by atoms with Gasteiger partial charge in [0.15, 0.2) is 0 Å². The van der Waals surface area contributed by atoms with E-state index in [1.165, 1.54) is 17.1 Å². The topological polar surface area (TPSA) is 58.4 Å². The predicted molar refractivity (Wildman–Crippen MR) is 110 cm³/mol. The molecule has 0 spiro atoms. The summed E-state index contributed by atoms with van der Waals surface area (Å²) in [7, 11) is 0. The van der Waals surface area contributed by atoms with Gasteiger partial charge in [0.2, 0.25) is 5.91 Å². The van der Waals surface area contributed by atoms with Crippen molar-refractivity contribution >= 4 is 48.2 Å². The van der Waals surface area contributed by atoms with Gasteiger partial charge in [0.25, 0.3) is 0 Å². The van der Waals surface area contributed by atoms with Crippen molar-refractivity contribution in [2.24, 2.45) is 5.73 Å². The predicted octanol–water partition coefficient (Wildman–Crippen LogP) is 3.45. The molecule has 1 saturated heterocycles. The molecule has 24 heavy (non-hydrogen) atoms. The van der Waals surface area contributed by atoms with E-state index in [1.807, 2.05) is 25.6 Å². The van der Waals surface area contributed by atoms with Crippen molar-refractivity contribution in [1.29, 1.82) is 0 Å². The van der Waals surface area contributed by atoms with Crippen molar-refractivity contribution in [3.05, 3.63) is 29.3 Å². The fraction of sp³-hybridized carbons (Fsp3) is 0.588. The highest BCUT2D eigenvalue weighted by Crippen LogP contribution is 2.20. The van der Waals surface area contributed by atoms with Crippen molar-refractivity contribution in [2.45, 2.75) is 39.3 Å². The van der Waals surface area contributed by atoms with E-state index < -0.39 is 6.04 Å². The van der Waals surface area contributed by atoms with Gasteiger partial charge in [0, 0.05) is 36.8 Å². The summed E-state index contributed by atoms with van der Waals surface area (Å²) in [5, 5.41) is 2.99. The number of hydrogen-bond acceptors (Lipinski definition) is 4. The number of nitrogens with zero attached hydrogens (tertiary/aromatic N) is 1. The molecule has 1 heterocycles. The monoisotopic (exact) mass is 393 g/mol. The molecule has 0 bridgehead atoms. The first-order valence-corrected chi connectivity index (χ1v) is 9.21. The average Bonchev–Trinajstić information content (AvgIpc) is 2.52. The van der Waals surface area contributed by atoms with Crippen LogP contribution in [0.15, 0.2) is 18.2 Å². The number of anilines is 1. The van der Waals surface area contributed by atoms with E-state index in [2.05, 4.69) is 28.4 Å². The van der Waals surface area contributed by atoms with Crippen molar-refractivity contribution in [2.75, 3.05) is 29.9 Å². The number of nitrogens with one attached hydrogen (secondary N) is 1. The van der Waals surface area contributed by atoms with E-state index in [4.69, 9.17) is 5.73 Å². The summed E-state index contributed by atoms with van der Waals surface area (Å²) in [6.45, 7) is 7.28. The van der Waals surface area contributed by atoms with Gasteiger partial charge >= 0.3 is 0 Å². The van der Waals surface area contributed by atoms with Crippen LogP contribution in [0.1, 0.15) is 30.9 Å². The Morgan fingerprint density at radius 1 is 1.33 bits per heavy atom. The van der Waals surface area contributed by atoms with Crippen molar-refractivity contribution in [3.8, 4) is 0 Å². The number of hydrogen-bond donors (Lipinski definition) is 2. The van der Waals surface area contributed by atoms with Crippen LogP contribution in [0.3, 0.4) is 0 Å². The molecule has 1 unspecified atom stereocenters. The van der Waals surface area contributed by atoms with Gasteiger partial charge in [-0.25, -0.2) is 0 Å². The van der Waals surface area contributed by atoms with Gasteiger partial charge in [-0.1, -0.05) is 25.5 Å². The van der Waals surface area contributed by atoms with E-state index in [0.717, 1.165) is 43.7 Å². The van der Waals surface area contributed by atoms with Crippen LogP contribution in [0.25, 0.3) is 0 Å². The lowest BCUT2D eigenvalue weighted by molar-refractivity contribution is -0.117. The lowest BCUT2D eigenvalue weighted by Crippen LogP contribution is -2.35. The molecular formula is C17H29Cl2N3OS. The summed E-state index contributed by atoms with van der Waals surface area (Å²) in [4.78, 5) is 14.6. The van der Waals surface area contributed by atoms with E-state index in [-0.39, 0.29) is 30.7 Å². The van der Waals surface area contributed by atoms with Crippen molar-refractivity contribution < 1.29 is 4.79 Å². The minimum Gasteiger partial charge on any atom is -0.324 e. The normalized spacial score (nSPS) is 15.8. The maximum atomic E-state index is 12.1. The first kappa shape index (κ1) is 23.5. The van der Waals surface area contributed by atoms with Gasteiger partial charge in [-0.05, 0) is 30.5 Å². The maximum absolute atomic E-state index is 12.1. The fourth-order valence-electron chi connectivity index (χ4n) is 2.59. The molecule has 0 radical (unpaired) electrons. The lowest BCUT2D eigenvalue weighted by Gasteiger charge is -2.26. The molecule has 3 N–H and O–H groups in total. The molecule has 1 aromatic carbocycles. The molecular weight excluding hydrogens is 365 g/mol. The molecule has 0 saturated carbocycles. The SMILES string of the molecule is CCCC(N)C(=O)Nc1cc(CN2CCSCC2)ccc1C.Cl.Cl. The van der Waals surface area contributed by atoms with Crippen LogP contribution in [-0.4, -0.2) is 41.4 Å². The Balaban J connectivity index is 0.00000264. The highest BCUT2D eigenvalue weighted by molar-refractivity contribution is 7.99. The third-order valence-electron chi connectivity index (χ3n) is 4.01. The molecule has 1 amide bonds. The van der Waals surface area contributed by atoms with Gasteiger partial charge in [-0.3, -0.25) is 9.69 Å². The average molecular weight is 394 g/mol. The largest absolute Gasteiger partial charge is 0.324 e. The number of amides is 1. The van der Waals surface area contributed by atoms with E-state index >= 15 is 0 Å². The molecule has 7 heteroatoms. The summed E-state index contributed by atoms with van der Waals surface area (Å²) < 4.78 is 0. The van der Waals surface area contributed by atoms with E-state index in [9.17, 15) is 4.79 Å². The van der Waals surface area contributed by atoms with Gasteiger partial charge in [-0.2, -0.15) is 11.8 Å². The Bertz CT molecular complexity index is 511. The zero-order valence-corrected chi connectivity index (χ0v) is 16.9. The standard InChI is InChI=1S/C17H27N3OS.2ClH/c1-3-4-15(18)17(21)19-16-11-14(6-5-13(16)2)12-20-7-9-22-10-8-20;;/h5-6,11,15H,3-4,7-10,12,18H2,1-2H3,(H,19,21);2*1H. The van der Waals surface area contributed by atoms with Gasteiger partial charge in [0.1, 0.15) is 0 Å². The van der Waals surface area contributed by atoms with Gasteiger partial charge in [0.05, 0.1) is 6.04 Å². The quantitative estimate of drug-likeness (QED) is 0.776. The van der Waals surface area contributed by atoms with Crippen molar-refractivity contribution in [3.63, 3.8) is 0 Å². The smallest absolute Gasteiger partial charge is 0.241 e. The number of aryl methyl sites for hydroxylation is 1. The molecule has 1 atom stereocenters. The van der Waals surface area contributed by atoms with Crippen LogP contribution < -0.4 is 11.1 Å². The van der Waals surface area contributed by atoms with Crippen LogP contribution in [0, 0.1) is 6.92 Å². The summed E-state index contributed by atoms with van der Waals surface area (Å²) in [5.41, 5.74) is 9.11. The number of carbonyl (C=O) groups is 1. The Hall–Kier alpha value is -0.460.